The van der Waals surface area contributed by atoms with Crippen molar-refractivity contribution in [2.75, 3.05) is 6.26 Å². The molecule has 20 heavy (non-hydrogen) atoms. The van der Waals surface area contributed by atoms with Gasteiger partial charge in [-0.2, -0.15) is 0 Å². The van der Waals surface area contributed by atoms with Crippen LogP contribution >= 0.6 is 0 Å². The summed E-state index contributed by atoms with van der Waals surface area (Å²) >= 11 is 0. The second-order valence-electron chi connectivity index (χ2n) is 6.17. The Bertz CT molecular complexity index is 314. The quantitative estimate of drug-likeness (QED) is 0.522. The predicted molar refractivity (Wildman–Crippen MR) is 88.7 cm³/mol. The van der Waals surface area contributed by atoms with Gasteiger partial charge in [-0.15, -0.1) is 0 Å². The van der Waals surface area contributed by atoms with Crippen molar-refractivity contribution in [2.45, 2.75) is 95.8 Å². The first-order valence-electron chi connectivity index (χ1n) is 8.34. The zero-order valence-corrected chi connectivity index (χ0v) is 14.6. The monoisotopic (exact) mass is 305 g/mol. The molecule has 0 aliphatic heterocycles. The van der Waals surface area contributed by atoms with Crippen LogP contribution in [0.4, 0.5) is 0 Å². The third-order valence-electron chi connectivity index (χ3n) is 4.17. The lowest BCUT2D eigenvalue weighted by atomic mass is 10.0. The average molecular weight is 306 g/mol. The fourth-order valence-corrected chi connectivity index (χ4v) is 3.19. The molecule has 0 aliphatic rings. The fourth-order valence-electron chi connectivity index (χ4n) is 2.42. The van der Waals surface area contributed by atoms with Gasteiger partial charge in [-0.3, -0.25) is 0 Å². The molecule has 0 aromatic rings. The van der Waals surface area contributed by atoms with Gasteiger partial charge >= 0.3 is 0 Å². The lowest BCUT2D eigenvalue weighted by molar-refractivity contribution is 0.505. The van der Waals surface area contributed by atoms with Crippen molar-refractivity contribution >= 4 is 9.84 Å². The minimum atomic E-state index is -2.99. The van der Waals surface area contributed by atoms with Gasteiger partial charge in [0.05, 0.1) is 5.25 Å². The maximum absolute atomic E-state index is 11.4. The molecular weight excluding hydrogens is 270 g/mol. The summed E-state index contributed by atoms with van der Waals surface area (Å²) in [6, 6.07) is -0.209. The van der Waals surface area contributed by atoms with E-state index in [0.29, 0.717) is 0 Å². The zero-order chi connectivity index (χ0) is 15.4. The molecule has 2 N–H and O–H groups in total. The second kappa shape index (κ2) is 11.6. The van der Waals surface area contributed by atoms with E-state index in [1.54, 1.807) is 6.92 Å². The summed E-state index contributed by atoms with van der Waals surface area (Å²) < 4.78 is 22.7. The highest BCUT2D eigenvalue weighted by atomic mass is 32.2. The molecule has 0 aliphatic carbocycles. The molecule has 122 valence electrons. The molecule has 0 aromatic heterocycles. The van der Waals surface area contributed by atoms with E-state index in [9.17, 15) is 8.42 Å². The van der Waals surface area contributed by atoms with E-state index in [2.05, 4.69) is 6.92 Å². The Morgan fingerprint density at radius 2 is 1.25 bits per heavy atom. The average Bonchev–Trinajstić information content (AvgIpc) is 2.38. The number of hydrogen-bond acceptors (Lipinski definition) is 3. The molecule has 0 fully saturated rings. The van der Waals surface area contributed by atoms with Crippen molar-refractivity contribution in [1.82, 2.24) is 0 Å². The molecule has 0 saturated carbocycles. The lowest BCUT2D eigenvalue weighted by Gasteiger charge is -2.17. The molecule has 3 nitrogen and oxygen atoms in total. The smallest absolute Gasteiger partial charge is 0.151 e. The van der Waals surface area contributed by atoms with Crippen molar-refractivity contribution in [3.05, 3.63) is 0 Å². The van der Waals surface area contributed by atoms with E-state index in [1.165, 1.54) is 64.0 Å². The van der Waals surface area contributed by atoms with Gasteiger partial charge in [0, 0.05) is 12.3 Å². The molecule has 2 atom stereocenters. The van der Waals surface area contributed by atoms with Crippen molar-refractivity contribution < 1.29 is 8.42 Å². The summed E-state index contributed by atoms with van der Waals surface area (Å²) in [5.74, 6) is 0. The molecule has 0 rings (SSSR count). The maximum Gasteiger partial charge on any atom is 0.151 e. The van der Waals surface area contributed by atoms with Gasteiger partial charge in [-0.1, -0.05) is 71.1 Å². The molecular formula is C16H35NO2S. The normalized spacial score (nSPS) is 15.2. The number of nitrogens with two attached hydrogens (primary N) is 1. The molecule has 0 heterocycles. The Balaban J connectivity index is 3.40. The van der Waals surface area contributed by atoms with Gasteiger partial charge in [0.25, 0.3) is 0 Å². The van der Waals surface area contributed by atoms with Gasteiger partial charge in [-0.25, -0.2) is 8.42 Å². The van der Waals surface area contributed by atoms with Crippen LogP contribution < -0.4 is 5.73 Å². The van der Waals surface area contributed by atoms with Gasteiger partial charge < -0.3 is 5.73 Å². The Morgan fingerprint density at radius 3 is 1.65 bits per heavy atom. The highest BCUT2D eigenvalue weighted by molar-refractivity contribution is 7.91. The Labute approximate surface area is 126 Å². The molecule has 2 unspecified atom stereocenters. The van der Waals surface area contributed by atoms with E-state index < -0.39 is 15.1 Å². The minimum Gasteiger partial charge on any atom is -0.327 e. The Morgan fingerprint density at radius 1 is 0.850 bits per heavy atom. The first kappa shape index (κ1) is 19.9. The summed E-state index contributed by atoms with van der Waals surface area (Å²) in [7, 11) is -2.99. The van der Waals surface area contributed by atoms with Crippen LogP contribution in [0, 0.1) is 0 Å². The summed E-state index contributed by atoms with van der Waals surface area (Å²) in [6.45, 7) is 3.96. The number of rotatable bonds is 13. The van der Waals surface area contributed by atoms with Crippen molar-refractivity contribution in [3.8, 4) is 0 Å². The fraction of sp³-hybridized carbons (Fsp3) is 1.00. The Hall–Kier alpha value is -0.0900. The summed E-state index contributed by atoms with van der Waals surface area (Å²) in [5, 5.41) is -0.416. The van der Waals surface area contributed by atoms with Crippen LogP contribution in [0.3, 0.4) is 0 Å². The zero-order valence-electron chi connectivity index (χ0n) is 13.7. The number of sulfone groups is 1. The van der Waals surface area contributed by atoms with Crippen LogP contribution in [0.1, 0.15) is 84.5 Å². The molecule has 0 spiro atoms. The first-order chi connectivity index (χ1) is 9.39. The largest absolute Gasteiger partial charge is 0.327 e. The Kier molecular flexibility index (Phi) is 11.5. The van der Waals surface area contributed by atoms with Crippen LogP contribution in [-0.2, 0) is 9.84 Å². The van der Waals surface area contributed by atoms with Crippen LogP contribution in [0.2, 0.25) is 0 Å². The van der Waals surface area contributed by atoms with Gasteiger partial charge in [0.15, 0.2) is 9.84 Å². The van der Waals surface area contributed by atoms with E-state index in [4.69, 9.17) is 5.73 Å². The molecule has 4 heteroatoms. The third-order valence-corrected chi connectivity index (χ3v) is 5.87. The van der Waals surface area contributed by atoms with Crippen LogP contribution in [-0.4, -0.2) is 26.0 Å². The SMILES string of the molecule is CCCCCCCCCCCCC(N)C(C)S(C)(=O)=O. The highest BCUT2D eigenvalue weighted by Gasteiger charge is 2.21. The van der Waals surface area contributed by atoms with E-state index in [0.717, 1.165) is 12.8 Å². The predicted octanol–water partition coefficient (Wildman–Crippen LogP) is 4.06. The molecule has 0 saturated heterocycles. The van der Waals surface area contributed by atoms with Crippen molar-refractivity contribution in [3.63, 3.8) is 0 Å². The summed E-state index contributed by atoms with van der Waals surface area (Å²) in [6.07, 6.45) is 15.1. The van der Waals surface area contributed by atoms with E-state index in [1.807, 2.05) is 0 Å². The minimum absolute atomic E-state index is 0.209. The number of unbranched alkanes of at least 4 members (excludes halogenated alkanes) is 9. The van der Waals surface area contributed by atoms with Crippen molar-refractivity contribution in [1.29, 1.82) is 0 Å². The van der Waals surface area contributed by atoms with Crippen LogP contribution in [0.15, 0.2) is 0 Å². The molecule has 0 aromatic carbocycles. The summed E-state index contributed by atoms with van der Waals surface area (Å²) in [5.41, 5.74) is 5.93. The van der Waals surface area contributed by atoms with Crippen molar-refractivity contribution in [2.24, 2.45) is 5.73 Å². The highest BCUT2D eigenvalue weighted by Crippen LogP contribution is 2.13. The van der Waals surface area contributed by atoms with Crippen LogP contribution in [0.5, 0.6) is 0 Å². The summed E-state index contributed by atoms with van der Waals surface area (Å²) in [4.78, 5) is 0. The maximum atomic E-state index is 11.4. The van der Waals surface area contributed by atoms with E-state index >= 15 is 0 Å². The number of hydrogen-bond donors (Lipinski definition) is 1. The molecule has 0 radical (unpaired) electrons. The molecule has 0 amide bonds. The standard InChI is InChI=1S/C16H35NO2S/c1-4-5-6-7-8-9-10-11-12-13-14-16(17)15(2)20(3,18)19/h15-16H,4-14,17H2,1-3H3. The first-order valence-corrected chi connectivity index (χ1v) is 10.3. The lowest BCUT2D eigenvalue weighted by Crippen LogP contribution is -2.37. The third kappa shape index (κ3) is 10.7. The topological polar surface area (TPSA) is 60.2 Å². The van der Waals surface area contributed by atoms with Crippen LogP contribution in [0.25, 0.3) is 0 Å². The van der Waals surface area contributed by atoms with Gasteiger partial charge in [0.1, 0.15) is 0 Å². The van der Waals surface area contributed by atoms with E-state index in [-0.39, 0.29) is 6.04 Å². The van der Waals surface area contributed by atoms with Gasteiger partial charge in [0.2, 0.25) is 0 Å². The van der Waals surface area contributed by atoms with Gasteiger partial charge in [-0.05, 0) is 13.3 Å². The molecule has 0 bridgehead atoms. The second-order valence-corrected chi connectivity index (χ2v) is 8.57.